The largest absolute Gasteiger partial charge is 0.507 e. The monoisotopic (exact) mass is 443 g/mol. The molecular weight excluding hydrogens is 426 g/mol. The van der Waals surface area contributed by atoms with E-state index in [2.05, 4.69) is 9.97 Å². The van der Waals surface area contributed by atoms with Crippen LogP contribution in [0.1, 0.15) is 17.2 Å². The van der Waals surface area contributed by atoms with E-state index in [1.54, 1.807) is 55.9 Å². The number of ether oxygens (including phenoxy) is 1. The first-order valence-electron chi connectivity index (χ1n) is 9.79. The third-order valence-corrected chi connectivity index (χ3v) is 6.33. The van der Waals surface area contributed by atoms with Crippen LogP contribution >= 0.6 is 11.3 Å². The van der Waals surface area contributed by atoms with E-state index < -0.39 is 17.7 Å². The van der Waals surface area contributed by atoms with Gasteiger partial charge in [0.1, 0.15) is 11.5 Å². The average Bonchev–Trinajstić information content (AvgIpc) is 3.38. The predicted octanol–water partition coefficient (Wildman–Crippen LogP) is 4.33. The Morgan fingerprint density at radius 2 is 1.84 bits per heavy atom. The number of benzene rings is 2. The number of fused-ring (bicyclic) bond motifs is 1. The van der Waals surface area contributed by atoms with Crippen LogP contribution in [0.25, 0.3) is 16.0 Å². The molecule has 2 aromatic carbocycles. The first kappa shape index (κ1) is 19.9. The number of ketones is 1. The molecule has 4 aromatic rings. The van der Waals surface area contributed by atoms with Crippen molar-refractivity contribution in [3.05, 3.63) is 89.8 Å². The first-order chi connectivity index (χ1) is 15.6. The topological polar surface area (TPSA) is 92.6 Å². The van der Waals surface area contributed by atoms with Crippen molar-refractivity contribution in [3.63, 3.8) is 0 Å². The zero-order valence-corrected chi connectivity index (χ0v) is 17.7. The molecule has 3 heterocycles. The fourth-order valence-corrected chi connectivity index (χ4v) is 4.74. The number of carbonyl (C=O) groups is 2. The van der Waals surface area contributed by atoms with Gasteiger partial charge < -0.3 is 9.84 Å². The minimum atomic E-state index is -0.855. The molecule has 0 radical (unpaired) electrons. The number of Topliss-reactive ketones (excluding diaryl/α,β-unsaturated/α-hetero) is 1. The standard InChI is InChI=1S/C24H17N3O4S/c1-31-16-10-8-14(9-11-16)21(28)19-20(15-5-4-12-25-13-15)27(23(30)22(19)29)24-26-17-6-2-3-7-18(17)32-24/h2-13,20,28H,1H3/b21-19+. The van der Waals surface area contributed by atoms with Gasteiger partial charge in [0, 0.05) is 18.0 Å². The fraction of sp³-hybridized carbons (Fsp3) is 0.0833. The summed E-state index contributed by atoms with van der Waals surface area (Å²) < 4.78 is 6.06. The molecule has 1 atom stereocenters. The Morgan fingerprint density at radius 1 is 1.06 bits per heavy atom. The third kappa shape index (κ3) is 3.21. The van der Waals surface area contributed by atoms with Gasteiger partial charge in [-0.15, -0.1) is 0 Å². The maximum absolute atomic E-state index is 13.2. The third-order valence-electron chi connectivity index (χ3n) is 5.30. The summed E-state index contributed by atoms with van der Waals surface area (Å²) in [4.78, 5) is 36.4. The molecule has 0 saturated carbocycles. The second-order valence-corrected chi connectivity index (χ2v) is 8.16. The normalized spacial score (nSPS) is 17.8. The SMILES string of the molecule is COc1ccc(/C(O)=C2\C(=O)C(=O)N(c3nc4ccccc4s3)C2c2cccnc2)cc1. The summed E-state index contributed by atoms with van der Waals surface area (Å²) in [7, 11) is 1.54. The van der Waals surface area contributed by atoms with E-state index >= 15 is 0 Å². The highest BCUT2D eigenvalue weighted by atomic mass is 32.1. The van der Waals surface area contributed by atoms with E-state index in [4.69, 9.17) is 4.74 Å². The number of carbonyl (C=O) groups excluding carboxylic acids is 2. The Balaban J connectivity index is 1.70. The minimum Gasteiger partial charge on any atom is -0.507 e. The summed E-state index contributed by atoms with van der Waals surface area (Å²) in [5, 5.41) is 11.5. The highest BCUT2D eigenvalue weighted by molar-refractivity contribution is 7.22. The van der Waals surface area contributed by atoms with Gasteiger partial charge in [-0.2, -0.15) is 0 Å². The fourth-order valence-electron chi connectivity index (χ4n) is 3.75. The summed E-state index contributed by atoms with van der Waals surface area (Å²) in [5.74, 6) is -1.16. The molecule has 1 aliphatic heterocycles. The summed E-state index contributed by atoms with van der Waals surface area (Å²) in [5.41, 5.74) is 1.73. The summed E-state index contributed by atoms with van der Waals surface area (Å²) in [6, 6.07) is 16.8. The van der Waals surface area contributed by atoms with Crippen molar-refractivity contribution in [2.24, 2.45) is 0 Å². The van der Waals surface area contributed by atoms with Crippen molar-refractivity contribution >= 4 is 44.1 Å². The number of para-hydroxylation sites is 1. The summed E-state index contributed by atoms with van der Waals surface area (Å²) in [6.45, 7) is 0. The lowest BCUT2D eigenvalue weighted by Crippen LogP contribution is -2.29. The summed E-state index contributed by atoms with van der Waals surface area (Å²) >= 11 is 1.31. The molecule has 1 amide bonds. The molecular formula is C24H17N3O4S. The number of anilines is 1. The van der Waals surface area contributed by atoms with Crippen LogP contribution in [0, 0.1) is 0 Å². The van der Waals surface area contributed by atoms with Gasteiger partial charge in [0.2, 0.25) is 0 Å². The van der Waals surface area contributed by atoms with Crippen LogP contribution in [0.4, 0.5) is 5.13 Å². The second-order valence-electron chi connectivity index (χ2n) is 7.15. The Hall–Kier alpha value is -4.04. The molecule has 7 nitrogen and oxygen atoms in total. The number of aliphatic hydroxyl groups is 1. The molecule has 1 unspecified atom stereocenters. The maximum Gasteiger partial charge on any atom is 0.301 e. The number of amides is 1. The van der Waals surface area contributed by atoms with Crippen molar-refractivity contribution < 1.29 is 19.4 Å². The van der Waals surface area contributed by atoms with Crippen LogP contribution in [-0.4, -0.2) is 33.9 Å². The first-order valence-corrected chi connectivity index (χ1v) is 10.6. The number of aromatic nitrogens is 2. The van der Waals surface area contributed by atoms with E-state index in [0.29, 0.717) is 22.0 Å². The number of pyridine rings is 1. The molecule has 1 fully saturated rings. The number of aliphatic hydroxyl groups excluding tert-OH is 1. The molecule has 158 valence electrons. The van der Waals surface area contributed by atoms with Crippen molar-refractivity contribution in [2.45, 2.75) is 6.04 Å². The van der Waals surface area contributed by atoms with Crippen molar-refractivity contribution in [2.75, 3.05) is 12.0 Å². The van der Waals surface area contributed by atoms with Gasteiger partial charge in [0.05, 0.1) is 28.9 Å². The van der Waals surface area contributed by atoms with Gasteiger partial charge in [-0.1, -0.05) is 29.5 Å². The lowest BCUT2D eigenvalue weighted by molar-refractivity contribution is -0.132. The number of thiazole rings is 1. The van der Waals surface area contributed by atoms with Crippen LogP contribution in [0.3, 0.4) is 0 Å². The van der Waals surface area contributed by atoms with Crippen LogP contribution in [0.2, 0.25) is 0 Å². The zero-order valence-electron chi connectivity index (χ0n) is 16.9. The minimum absolute atomic E-state index is 0.00702. The quantitative estimate of drug-likeness (QED) is 0.287. The Kier molecular flexibility index (Phi) is 4.91. The molecule has 5 rings (SSSR count). The van der Waals surface area contributed by atoms with Gasteiger partial charge in [-0.25, -0.2) is 4.98 Å². The number of methoxy groups -OCH3 is 1. The van der Waals surface area contributed by atoms with Crippen molar-refractivity contribution in [1.29, 1.82) is 0 Å². The predicted molar refractivity (Wildman–Crippen MR) is 122 cm³/mol. The van der Waals surface area contributed by atoms with Gasteiger partial charge in [0.25, 0.3) is 5.78 Å². The molecule has 32 heavy (non-hydrogen) atoms. The number of hydrogen-bond donors (Lipinski definition) is 1. The molecule has 1 N–H and O–H groups in total. The van der Waals surface area contributed by atoms with Crippen LogP contribution < -0.4 is 9.64 Å². The van der Waals surface area contributed by atoms with Crippen LogP contribution in [0.15, 0.2) is 78.6 Å². The lowest BCUT2D eigenvalue weighted by atomic mass is 9.96. The van der Waals surface area contributed by atoms with Crippen LogP contribution in [0.5, 0.6) is 5.75 Å². The average molecular weight is 443 g/mol. The molecule has 1 saturated heterocycles. The molecule has 0 bridgehead atoms. The van der Waals surface area contributed by atoms with E-state index in [-0.39, 0.29) is 11.3 Å². The highest BCUT2D eigenvalue weighted by Crippen LogP contribution is 2.44. The van der Waals surface area contributed by atoms with E-state index in [9.17, 15) is 14.7 Å². The lowest BCUT2D eigenvalue weighted by Gasteiger charge is -2.22. The van der Waals surface area contributed by atoms with Crippen molar-refractivity contribution in [3.8, 4) is 5.75 Å². The van der Waals surface area contributed by atoms with Gasteiger partial charge in [-0.3, -0.25) is 19.5 Å². The molecule has 2 aromatic heterocycles. The summed E-state index contributed by atoms with van der Waals surface area (Å²) in [6.07, 6.45) is 3.19. The Labute approximate surface area is 187 Å². The van der Waals surface area contributed by atoms with E-state index in [0.717, 1.165) is 10.2 Å². The van der Waals surface area contributed by atoms with E-state index in [1.807, 2.05) is 24.3 Å². The number of nitrogens with zero attached hydrogens (tertiary/aromatic N) is 3. The van der Waals surface area contributed by atoms with Gasteiger partial charge in [-0.05, 0) is 48.0 Å². The van der Waals surface area contributed by atoms with Gasteiger partial charge in [0.15, 0.2) is 5.13 Å². The maximum atomic E-state index is 13.2. The van der Waals surface area contributed by atoms with Crippen molar-refractivity contribution in [1.82, 2.24) is 9.97 Å². The Bertz CT molecular complexity index is 1330. The molecule has 0 spiro atoms. The van der Waals surface area contributed by atoms with Gasteiger partial charge >= 0.3 is 5.91 Å². The number of hydrogen-bond acceptors (Lipinski definition) is 7. The highest BCUT2D eigenvalue weighted by Gasteiger charge is 2.48. The smallest absolute Gasteiger partial charge is 0.301 e. The zero-order chi connectivity index (χ0) is 22.2. The Morgan fingerprint density at radius 3 is 2.53 bits per heavy atom. The van der Waals surface area contributed by atoms with Crippen LogP contribution in [-0.2, 0) is 9.59 Å². The second kappa shape index (κ2) is 7.90. The number of rotatable bonds is 4. The molecule has 0 aliphatic carbocycles. The molecule has 1 aliphatic rings. The molecule has 8 heteroatoms. The van der Waals surface area contributed by atoms with E-state index in [1.165, 1.54) is 16.2 Å².